The number of hydrogen-bond acceptors (Lipinski definition) is 2. The molecule has 0 N–H and O–H groups in total. The average Bonchev–Trinajstić information content (AvgIpc) is 2.85. The Hall–Kier alpha value is 0.279. The predicted molar refractivity (Wildman–Crippen MR) is 97.6 cm³/mol. The van der Waals surface area contributed by atoms with Gasteiger partial charge >= 0.3 is 143 Å². The van der Waals surface area contributed by atoms with E-state index in [2.05, 4.69) is 30.6 Å². The molecule has 0 bridgehead atoms. The molecule has 2 nitrogen and oxygen atoms in total. The van der Waals surface area contributed by atoms with Crippen LogP contribution in [0.2, 0.25) is 13.3 Å². The molecule has 1 fully saturated rings. The third kappa shape index (κ3) is 7.23. The van der Waals surface area contributed by atoms with Crippen molar-refractivity contribution in [2.45, 2.75) is 98.3 Å². The van der Waals surface area contributed by atoms with Crippen molar-refractivity contribution in [2.75, 3.05) is 6.61 Å². The maximum atomic E-state index is 5.90. The Morgan fingerprint density at radius 1 is 0.955 bits per heavy atom. The summed E-state index contributed by atoms with van der Waals surface area (Å²) in [6.07, 6.45) is 8.00. The number of unbranched alkanes of at least 4 members (excludes halogenated alkanes) is 3. The first-order chi connectivity index (χ1) is 10.5. The molecule has 0 radical (unpaired) electrons. The molecule has 22 heavy (non-hydrogen) atoms. The molecule has 128 valence electrons. The maximum absolute atomic E-state index is 5.90. The van der Waals surface area contributed by atoms with Crippen LogP contribution in [-0.4, -0.2) is 36.9 Å². The molecular formula is C19H36O2Sn. The normalized spacial score (nSPS) is 20.7. The summed E-state index contributed by atoms with van der Waals surface area (Å²) in [5.74, 6) is 3.05. The zero-order valence-corrected chi connectivity index (χ0v) is 18.3. The van der Waals surface area contributed by atoms with Gasteiger partial charge in [-0.25, -0.2) is 0 Å². The summed E-state index contributed by atoms with van der Waals surface area (Å²) in [6, 6.07) is 0. The van der Waals surface area contributed by atoms with Gasteiger partial charge in [-0.3, -0.25) is 0 Å². The van der Waals surface area contributed by atoms with E-state index in [0.29, 0.717) is 6.61 Å². The summed E-state index contributed by atoms with van der Waals surface area (Å²) in [5.41, 5.74) is 0. The van der Waals surface area contributed by atoms with E-state index in [9.17, 15) is 0 Å². The van der Waals surface area contributed by atoms with Crippen molar-refractivity contribution in [1.82, 2.24) is 0 Å². The van der Waals surface area contributed by atoms with Crippen LogP contribution in [0.3, 0.4) is 0 Å². The third-order valence-corrected chi connectivity index (χ3v) is 17.7. The number of hydrogen-bond donors (Lipinski definition) is 0. The zero-order chi connectivity index (χ0) is 16.5. The van der Waals surface area contributed by atoms with Gasteiger partial charge < -0.3 is 0 Å². The molecule has 1 saturated heterocycles. The van der Waals surface area contributed by atoms with E-state index in [4.69, 9.17) is 9.47 Å². The van der Waals surface area contributed by atoms with Crippen LogP contribution in [0.1, 0.15) is 73.1 Å². The molecule has 0 aromatic heterocycles. The fourth-order valence-corrected chi connectivity index (χ4v) is 16.5. The van der Waals surface area contributed by atoms with Gasteiger partial charge in [0.25, 0.3) is 0 Å². The third-order valence-electron chi connectivity index (χ3n) is 4.53. The average molecular weight is 415 g/mol. The first kappa shape index (κ1) is 20.3. The molecule has 0 aromatic rings. The monoisotopic (exact) mass is 416 g/mol. The van der Waals surface area contributed by atoms with E-state index < -0.39 is 24.2 Å². The summed E-state index contributed by atoms with van der Waals surface area (Å²) in [4.78, 5) is 0. The molecule has 0 amide bonds. The number of ether oxygens (including phenoxy) is 2. The Kier molecular flexibility index (Phi) is 9.43. The molecule has 0 saturated carbocycles. The topological polar surface area (TPSA) is 18.5 Å². The Morgan fingerprint density at radius 2 is 1.45 bits per heavy atom. The van der Waals surface area contributed by atoms with Crippen LogP contribution in [0.5, 0.6) is 0 Å². The second kappa shape index (κ2) is 10.2. The zero-order valence-electron chi connectivity index (χ0n) is 15.5. The van der Waals surface area contributed by atoms with Crippen molar-refractivity contribution in [2.24, 2.45) is 0 Å². The summed E-state index contributed by atoms with van der Waals surface area (Å²) >= 11 is -2.32. The standard InChI is InChI=1S/C7H9O2.3C4H9.Sn/c1-4-6-5-8-7(2,3)9-6;3*1-3-4-2;/h6H,5H2,2-3H3;3*1,3-4H2,2H3;/t6-;;;;/m0..../s1. The Bertz CT molecular complexity index is 346. The van der Waals surface area contributed by atoms with Gasteiger partial charge in [0.2, 0.25) is 0 Å². The first-order valence-electron chi connectivity index (χ1n) is 9.31. The van der Waals surface area contributed by atoms with E-state index in [-0.39, 0.29) is 6.10 Å². The van der Waals surface area contributed by atoms with E-state index >= 15 is 0 Å². The molecule has 1 atom stereocenters. The van der Waals surface area contributed by atoms with Gasteiger partial charge in [-0.15, -0.1) is 0 Å². The van der Waals surface area contributed by atoms with Crippen LogP contribution in [0, 0.1) is 9.86 Å². The molecule has 0 spiro atoms. The fourth-order valence-electron chi connectivity index (χ4n) is 3.10. The molecule has 1 heterocycles. The van der Waals surface area contributed by atoms with Gasteiger partial charge in [-0.1, -0.05) is 0 Å². The van der Waals surface area contributed by atoms with Crippen molar-refractivity contribution < 1.29 is 9.47 Å². The number of rotatable bonds is 9. The van der Waals surface area contributed by atoms with Crippen LogP contribution in [0.15, 0.2) is 0 Å². The van der Waals surface area contributed by atoms with Crippen LogP contribution in [0.25, 0.3) is 0 Å². The quantitative estimate of drug-likeness (QED) is 0.364. The molecule has 0 unspecified atom stereocenters. The minimum atomic E-state index is -2.32. The van der Waals surface area contributed by atoms with Gasteiger partial charge in [0.05, 0.1) is 0 Å². The van der Waals surface area contributed by atoms with Crippen LogP contribution in [0.4, 0.5) is 0 Å². The van der Waals surface area contributed by atoms with E-state index in [1.54, 1.807) is 0 Å². The summed E-state index contributed by atoms with van der Waals surface area (Å²) in [5, 5.41) is 0. The second-order valence-corrected chi connectivity index (χ2v) is 19.5. The molecule has 0 aliphatic carbocycles. The molecular weight excluding hydrogens is 379 g/mol. The fraction of sp³-hybridized carbons (Fsp3) is 0.895. The molecule has 3 heteroatoms. The van der Waals surface area contributed by atoms with E-state index in [1.807, 2.05) is 13.8 Å². The van der Waals surface area contributed by atoms with Gasteiger partial charge in [-0.2, -0.15) is 0 Å². The van der Waals surface area contributed by atoms with E-state index in [0.717, 1.165) is 0 Å². The molecule has 1 aliphatic rings. The van der Waals surface area contributed by atoms with Crippen molar-refractivity contribution in [3.63, 3.8) is 0 Å². The van der Waals surface area contributed by atoms with Crippen LogP contribution >= 0.6 is 0 Å². The van der Waals surface area contributed by atoms with Gasteiger partial charge in [0.1, 0.15) is 0 Å². The molecule has 1 rings (SSSR count). The van der Waals surface area contributed by atoms with Crippen LogP contribution < -0.4 is 0 Å². The summed E-state index contributed by atoms with van der Waals surface area (Å²) < 4.78 is 19.7. The SMILES string of the molecule is CCC[CH2][Sn]([C]#C[C@H]1COC(C)(C)O1)([CH2]CCC)[CH2]CCC. The van der Waals surface area contributed by atoms with Gasteiger partial charge in [0.15, 0.2) is 0 Å². The minimum absolute atomic E-state index is 0.00375. The molecule has 1 aliphatic heterocycles. The van der Waals surface area contributed by atoms with Crippen molar-refractivity contribution in [1.29, 1.82) is 0 Å². The van der Waals surface area contributed by atoms with Crippen molar-refractivity contribution in [3.8, 4) is 9.86 Å². The van der Waals surface area contributed by atoms with Gasteiger partial charge in [0, 0.05) is 0 Å². The summed E-state index contributed by atoms with van der Waals surface area (Å²) in [6.45, 7) is 11.5. The van der Waals surface area contributed by atoms with Gasteiger partial charge in [-0.05, 0) is 0 Å². The summed E-state index contributed by atoms with van der Waals surface area (Å²) in [7, 11) is 0. The molecule has 0 aromatic carbocycles. The predicted octanol–water partition coefficient (Wildman–Crippen LogP) is 5.53. The Labute approximate surface area is 142 Å². The second-order valence-electron chi connectivity index (χ2n) is 7.18. The van der Waals surface area contributed by atoms with Crippen LogP contribution in [-0.2, 0) is 9.47 Å². The van der Waals surface area contributed by atoms with Crippen molar-refractivity contribution >= 4 is 18.4 Å². The Morgan fingerprint density at radius 3 is 1.82 bits per heavy atom. The first-order valence-corrected chi connectivity index (χ1v) is 16.8. The van der Waals surface area contributed by atoms with E-state index in [1.165, 1.54) is 51.8 Å². The van der Waals surface area contributed by atoms with Crippen molar-refractivity contribution in [3.05, 3.63) is 0 Å². The Balaban J connectivity index is 2.81.